The third-order valence-electron chi connectivity index (χ3n) is 2.83. The first-order valence-corrected chi connectivity index (χ1v) is 5.67. The van der Waals surface area contributed by atoms with Gasteiger partial charge in [-0.15, -0.1) is 12.3 Å². The van der Waals surface area contributed by atoms with Gasteiger partial charge >= 0.3 is 0 Å². The van der Waals surface area contributed by atoms with E-state index in [0.717, 1.165) is 29.4 Å². The Kier molecular flexibility index (Phi) is 3.69. The first-order chi connectivity index (χ1) is 8.36. The summed E-state index contributed by atoms with van der Waals surface area (Å²) in [6, 6.07) is 6.28. The second-order valence-corrected chi connectivity index (χ2v) is 3.86. The maximum Gasteiger partial charge on any atom is 0.0934 e. The summed E-state index contributed by atoms with van der Waals surface area (Å²) in [5.74, 6) is 2.67. The average molecular weight is 225 g/mol. The lowest BCUT2D eigenvalue weighted by Gasteiger charge is -2.16. The third kappa shape index (κ3) is 2.43. The van der Waals surface area contributed by atoms with E-state index < -0.39 is 0 Å². The highest BCUT2D eigenvalue weighted by atomic mass is 14.9. The molecule has 86 valence electrons. The molecule has 1 unspecified atom stereocenters. The molecule has 1 aromatic carbocycles. The molecule has 0 fully saturated rings. The van der Waals surface area contributed by atoms with Crippen LogP contribution in [-0.4, -0.2) is 17.0 Å². The van der Waals surface area contributed by atoms with Crippen LogP contribution in [0.25, 0.3) is 11.0 Å². The molecule has 2 rings (SSSR count). The number of terminal acetylenes is 1. The standard InChI is InChI=1S/C14H15N3/c1-3-4-7-12(15-2)11-6-5-8-13-14(11)17-10-9-16-13/h1,5-6,8-10,12,15H,4,7H2,2H3. The van der Waals surface area contributed by atoms with Crippen LogP contribution in [0.5, 0.6) is 0 Å². The van der Waals surface area contributed by atoms with Crippen molar-refractivity contribution in [1.82, 2.24) is 15.3 Å². The van der Waals surface area contributed by atoms with Crippen molar-refractivity contribution in [1.29, 1.82) is 0 Å². The minimum atomic E-state index is 0.228. The van der Waals surface area contributed by atoms with E-state index in [1.807, 2.05) is 19.2 Å². The quantitative estimate of drug-likeness (QED) is 0.811. The molecular weight excluding hydrogens is 210 g/mol. The highest BCUT2D eigenvalue weighted by molar-refractivity contribution is 5.78. The van der Waals surface area contributed by atoms with Crippen molar-refractivity contribution in [2.45, 2.75) is 18.9 Å². The SMILES string of the molecule is C#CCCC(NC)c1cccc2nccnc12. The topological polar surface area (TPSA) is 37.8 Å². The van der Waals surface area contributed by atoms with Crippen molar-refractivity contribution in [2.24, 2.45) is 0 Å². The van der Waals surface area contributed by atoms with Gasteiger partial charge in [-0.25, -0.2) is 0 Å². The molecule has 1 aromatic heterocycles. The number of hydrogen-bond donors (Lipinski definition) is 1. The van der Waals surface area contributed by atoms with Crippen LogP contribution in [0.4, 0.5) is 0 Å². The first-order valence-electron chi connectivity index (χ1n) is 5.67. The van der Waals surface area contributed by atoms with Crippen LogP contribution < -0.4 is 5.32 Å². The van der Waals surface area contributed by atoms with Crippen LogP contribution in [0.15, 0.2) is 30.6 Å². The zero-order valence-electron chi connectivity index (χ0n) is 9.85. The lowest BCUT2D eigenvalue weighted by atomic mass is 10.0. The average Bonchev–Trinajstić information content (AvgIpc) is 2.40. The summed E-state index contributed by atoms with van der Waals surface area (Å²) in [6.07, 6.45) is 10.4. The monoisotopic (exact) mass is 225 g/mol. The van der Waals surface area contributed by atoms with Gasteiger partial charge in [0, 0.05) is 24.9 Å². The smallest absolute Gasteiger partial charge is 0.0934 e. The third-order valence-corrected chi connectivity index (χ3v) is 2.83. The molecule has 0 aliphatic carbocycles. The number of nitrogens with zero attached hydrogens (tertiary/aromatic N) is 2. The van der Waals surface area contributed by atoms with E-state index in [0.29, 0.717) is 0 Å². The summed E-state index contributed by atoms with van der Waals surface area (Å²) < 4.78 is 0. The highest BCUT2D eigenvalue weighted by Crippen LogP contribution is 2.24. The normalized spacial score (nSPS) is 12.2. The Morgan fingerprint density at radius 2 is 2.18 bits per heavy atom. The fraction of sp³-hybridized carbons (Fsp3) is 0.286. The molecule has 0 saturated heterocycles. The van der Waals surface area contributed by atoms with Gasteiger partial charge in [-0.1, -0.05) is 12.1 Å². The Hall–Kier alpha value is -1.92. The van der Waals surface area contributed by atoms with Crippen LogP contribution in [0, 0.1) is 12.3 Å². The Bertz CT molecular complexity index is 537. The van der Waals surface area contributed by atoms with E-state index in [9.17, 15) is 0 Å². The zero-order valence-corrected chi connectivity index (χ0v) is 9.85. The van der Waals surface area contributed by atoms with Gasteiger partial charge in [-0.05, 0) is 25.1 Å². The summed E-state index contributed by atoms with van der Waals surface area (Å²) >= 11 is 0. The van der Waals surface area contributed by atoms with Gasteiger partial charge in [0.2, 0.25) is 0 Å². The molecular formula is C14H15N3. The van der Waals surface area contributed by atoms with Gasteiger partial charge in [0.05, 0.1) is 11.0 Å². The Labute approximate surface area is 101 Å². The number of hydrogen-bond acceptors (Lipinski definition) is 3. The summed E-state index contributed by atoms with van der Waals surface area (Å²) in [6.45, 7) is 0. The molecule has 17 heavy (non-hydrogen) atoms. The zero-order chi connectivity index (χ0) is 12.1. The van der Waals surface area contributed by atoms with Gasteiger partial charge in [0.15, 0.2) is 0 Å². The minimum absolute atomic E-state index is 0.228. The molecule has 1 N–H and O–H groups in total. The number of fused-ring (bicyclic) bond motifs is 1. The van der Waals surface area contributed by atoms with E-state index in [-0.39, 0.29) is 6.04 Å². The second-order valence-electron chi connectivity index (χ2n) is 3.86. The Morgan fingerprint density at radius 3 is 2.94 bits per heavy atom. The molecule has 2 aromatic rings. The van der Waals surface area contributed by atoms with E-state index in [1.54, 1.807) is 12.4 Å². The molecule has 0 radical (unpaired) electrons. The van der Waals surface area contributed by atoms with Crippen molar-refractivity contribution in [2.75, 3.05) is 7.05 Å². The van der Waals surface area contributed by atoms with E-state index >= 15 is 0 Å². The number of nitrogens with one attached hydrogen (secondary N) is 1. The fourth-order valence-corrected chi connectivity index (χ4v) is 1.98. The summed E-state index contributed by atoms with van der Waals surface area (Å²) in [4.78, 5) is 8.71. The number of rotatable bonds is 4. The predicted molar refractivity (Wildman–Crippen MR) is 69.4 cm³/mol. The summed E-state index contributed by atoms with van der Waals surface area (Å²) in [5.41, 5.74) is 3.03. The molecule has 0 bridgehead atoms. The molecule has 1 atom stereocenters. The van der Waals surface area contributed by atoms with Gasteiger partial charge < -0.3 is 5.32 Å². The van der Waals surface area contributed by atoms with Crippen LogP contribution in [-0.2, 0) is 0 Å². The maximum atomic E-state index is 5.32. The molecule has 0 aliphatic rings. The molecule has 0 spiro atoms. The molecule has 0 saturated carbocycles. The predicted octanol–water partition coefficient (Wildman–Crippen LogP) is 2.30. The first kappa shape index (κ1) is 11.6. The molecule has 3 heteroatoms. The number of para-hydroxylation sites is 1. The van der Waals surface area contributed by atoms with E-state index in [2.05, 4.69) is 27.3 Å². The summed E-state index contributed by atoms with van der Waals surface area (Å²) in [7, 11) is 1.94. The van der Waals surface area contributed by atoms with Gasteiger partial charge in [0.25, 0.3) is 0 Å². The highest BCUT2D eigenvalue weighted by Gasteiger charge is 2.12. The second kappa shape index (κ2) is 5.42. The molecule has 3 nitrogen and oxygen atoms in total. The van der Waals surface area contributed by atoms with Crippen molar-refractivity contribution in [3.8, 4) is 12.3 Å². The Morgan fingerprint density at radius 1 is 1.35 bits per heavy atom. The van der Waals surface area contributed by atoms with Crippen LogP contribution >= 0.6 is 0 Å². The van der Waals surface area contributed by atoms with Crippen molar-refractivity contribution < 1.29 is 0 Å². The largest absolute Gasteiger partial charge is 0.313 e. The summed E-state index contributed by atoms with van der Waals surface area (Å²) in [5, 5.41) is 3.28. The van der Waals surface area contributed by atoms with E-state index in [4.69, 9.17) is 6.42 Å². The lowest BCUT2D eigenvalue weighted by molar-refractivity contribution is 0.561. The fourth-order valence-electron chi connectivity index (χ4n) is 1.98. The van der Waals surface area contributed by atoms with Crippen molar-refractivity contribution in [3.05, 3.63) is 36.2 Å². The van der Waals surface area contributed by atoms with E-state index in [1.165, 1.54) is 0 Å². The van der Waals surface area contributed by atoms with Crippen LogP contribution in [0.1, 0.15) is 24.4 Å². The molecule has 0 amide bonds. The number of aromatic nitrogens is 2. The lowest BCUT2D eigenvalue weighted by Crippen LogP contribution is -2.16. The Balaban J connectivity index is 2.43. The van der Waals surface area contributed by atoms with Crippen molar-refractivity contribution >= 4 is 11.0 Å². The van der Waals surface area contributed by atoms with Gasteiger partial charge in [-0.3, -0.25) is 9.97 Å². The van der Waals surface area contributed by atoms with Gasteiger partial charge in [0.1, 0.15) is 0 Å². The molecule has 1 heterocycles. The number of benzene rings is 1. The van der Waals surface area contributed by atoms with Crippen LogP contribution in [0.3, 0.4) is 0 Å². The maximum absolute atomic E-state index is 5.32. The van der Waals surface area contributed by atoms with Crippen molar-refractivity contribution in [3.63, 3.8) is 0 Å². The molecule has 0 aliphatic heterocycles. The minimum Gasteiger partial charge on any atom is -0.313 e. The van der Waals surface area contributed by atoms with Gasteiger partial charge in [-0.2, -0.15) is 0 Å². The van der Waals surface area contributed by atoms with Crippen LogP contribution in [0.2, 0.25) is 0 Å².